The first-order valence-electron chi connectivity index (χ1n) is 8.76. The van der Waals surface area contributed by atoms with E-state index in [4.69, 9.17) is 16.6 Å². The molecule has 0 aromatic carbocycles. The lowest BCUT2D eigenvalue weighted by Gasteiger charge is -2.41. The number of nitrogens with one attached hydrogen (secondary N) is 1. The van der Waals surface area contributed by atoms with E-state index in [9.17, 15) is 5.26 Å². The fourth-order valence-corrected chi connectivity index (χ4v) is 3.71. The van der Waals surface area contributed by atoms with Gasteiger partial charge in [-0.25, -0.2) is 9.97 Å². The van der Waals surface area contributed by atoms with Crippen LogP contribution >= 0.6 is 11.6 Å². The number of rotatable bonds is 4. The van der Waals surface area contributed by atoms with E-state index in [1.807, 2.05) is 30.2 Å². The van der Waals surface area contributed by atoms with Crippen LogP contribution in [0.15, 0.2) is 37.1 Å². The molecule has 0 aliphatic carbocycles. The highest BCUT2D eigenvalue weighted by Gasteiger charge is 2.39. The molecule has 1 saturated heterocycles. The summed E-state index contributed by atoms with van der Waals surface area (Å²) in [4.78, 5) is 9.22. The van der Waals surface area contributed by atoms with E-state index in [0.717, 1.165) is 16.8 Å². The van der Waals surface area contributed by atoms with E-state index in [-0.39, 0.29) is 5.54 Å². The largest absolute Gasteiger partial charge is 0.312 e. The zero-order valence-electron chi connectivity index (χ0n) is 15.0. The lowest BCUT2D eigenvalue weighted by Crippen LogP contribution is -2.60. The number of halogens is 1. The van der Waals surface area contributed by atoms with Gasteiger partial charge in [-0.2, -0.15) is 15.5 Å². The zero-order valence-corrected chi connectivity index (χ0v) is 15.8. The molecule has 140 valence electrons. The van der Waals surface area contributed by atoms with E-state index in [1.165, 1.54) is 0 Å². The van der Waals surface area contributed by atoms with Gasteiger partial charge in [-0.1, -0.05) is 11.6 Å². The Balaban J connectivity index is 1.66. The van der Waals surface area contributed by atoms with E-state index < -0.39 is 0 Å². The Hall–Kier alpha value is -3.22. The van der Waals surface area contributed by atoms with Crippen LogP contribution in [0.3, 0.4) is 0 Å². The Bertz CT molecular complexity index is 1220. The van der Waals surface area contributed by atoms with Crippen molar-refractivity contribution in [3.63, 3.8) is 0 Å². The average molecular weight is 394 g/mol. The molecule has 4 aromatic heterocycles. The third-order valence-electron chi connectivity index (χ3n) is 5.09. The molecule has 5 heterocycles. The summed E-state index contributed by atoms with van der Waals surface area (Å²) < 4.78 is 5.38. The van der Waals surface area contributed by atoms with Crippen LogP contribution < -0.4 is 5.32 Å². The van der Waals surface area contributed by atoms with Crippen molar-refractivity contribution in [2.24, 2.45) is 7.05 Å². The van der Waals surface area contributed by atoms with Crippen LogP contribution in [0.25, 0.3) is 28.3 Å². The van der Waals surface area contributed by atoms with Gasteiger partial charge in [0, 0.05) is 44.2 Å². The summed E-state index contributed by atoms with van der Waals surface area (Å²) >= 11 is 6.38. The van der Waals surface area contributed by atoms with Crippen molar-refractivity contribution >= 4 is 17.2 Å². The first-order valence-corrected chi connectivity index (χ1v) is 9.14. The van der Waals surface area contributed by atoms with E-state index >= 15 is 0 Å². The van der Waals surface area contributed by atoms with Gasteiger partial charge < -0.3 is 5.32 Å². The molecule has 1 aliphatic heterocycles. The normalized spacial score (nSPS) is 15.5. The summed E-state index contributed by atoms with van der Waals surface area (Å²) in [6, 6.07) is 4.14. The molecule has 0 unspecified atom stereocenters. The molecule has 9 nitrogen and oxygen atoms in total. The molecule has 1 N–H and O–H groups in total. The average Bonchev–Trinajstić information content (AvgIpc) is 3.38. The Morgan fingerprint density at radius 2 is 2.04 bits per heavy atom. The van der Waals surface area contributed by atoms with Crippen molar-refractivity contribution in [2.75, 3.05) is 13.1 Å². The number of aryl methyl sites for hydroxylation is 1. The lowest BCUT2D eigenvalue weighted by molar-refractivity contribution is 0.160. The van der Waals surface area contributed by atoms with Crippen molar-refractivity contribution in [2.45, 2.75) is 12.0 Å². The molecule has 28 heavy (non-hydrogen) atoms. The minimum atomic E-state index is -0.314. The Labute approximate surface area is 165 Å². The topological polar surface area (TPSA) is 102 Å². The molecule has 0 radical (unpaired) electrons. The fraction of sp³-hybridized carbons (Fsp3) is 0.278. The van der Waals surface area contributed by atoms with E-state index in [2.05, 4.69) is 26.6 Å². The molecular formula is C18H16ClN9. The van der Waals surface area contributed by atoms with E-state index in [1.54, 1.807) is 27.7 Å². The van der Waals surface area contributed by atoms with Crippen LogP contribution in [0.5, 0.6) is 0 Å². The van der Waals surface area contributed by atoms with Crippen molar-refractivity contribution in [1.82, 2.24) is 39.2 Å². The van der Waals surface area contributed by atoms with Gasteiger partial charge in [-0.05, 0) is 0 Å². The lowest BCUT2D eigenvalue weighted by atomic mass is 9.89. The Morgan fingerprint density at radius 3 is 2.71 bits per heavy atom. The van der Waals surface area contributed by atoms with Gasteiger partial charge >= 0.3 is 0 Å². The maximum Gasteiger partial charge on any atom is 0.150 e. The van der Waals surface area contributed by atoms with Gasteiger partial charge in [0.1, 0.15) is 16.3 Å². The number of hydrogen-bond acceptors (Lipinski definition) is 6. The Kier molecular flexibility index (Phi) is 3.72. The summed E-state index contributed by atoms with van der Waals surface area (Å²) in [6.07, 6.45) is 9.33. The third-order valence-corrected chi connectivity index (χ3v) is 5.36. The second-order valence-electron chi connectivity index (χ2n) is 6.98. The second-order valence-corrected chi connectivity index (χ2v) is 7.37. The summed E-state index contributed by atoms with van der Waals surface area (Å²) in [5, 5.41) is 21.6. The first kappa shape index (κ1) is 16.9. The third kappa shape index (κ3) is 2.50. The van der Waals surface area contributed by atoms with Gasteiger partial charge in [0.05, 0.1) is 42.3 Å². The van der Waals surface area contributed by atoms with Crippen LogP contribution in [-0.4, -0.2) is 47.0 Å². The van der Waals surface area contributed by atoms with Crippen molar-refractivity contribution in [3.05, 3.63) is 42.2 Å². The van der Waals surface area contributed by atoms with Crippen LogP contribution in [0.2, 0.25) is 5.15 Å². The molecule has 10 heteroatoms. The minimum absolute atomic E-state index is 0.314. The Morgan fingerprint density at radius 1 is 1.21 bits per heavy atom. The number of fused-ring (bicyclic) bond motifs is 1. The summed E-state index contributed by atoms with van der Waals surface area (Å²) in [6.45, 7) is 1.43. The van der Waals surface area contributed by atoms with Crippen LogP contribution in [-0.2, 0) is 12.6 Å². The zero-order chi connectivity index (χ0) is 19.3. The molecule has 1 fully saturated rings. The second kappa shape index (κ2) is 6.15. The van der Waals surface area contributed by atoms with Crippen molar-refractivity contribution < 1.29 is 0 Å². The molecule has 1 aliphatic rings. The van der Waals surface area contributed by atoms with Crippen LogP contribution in [0.4, 0.5) is 0 Å². The molecule has 0 atom stereocenters. The highest BCUT2D eigenvalue weighted by Crippen LogP contribution is 2.30. The first-order chi connectivity index (χ1) is 13.6. The van der Waals surface area contributed by atoms with Gasteiger partial charge in [0.25, 0.3) is 0 Å². The maximum absolute atomic E-state index is 9.20. The quantitative estimate of drug-likeness (QED) is 0.567. The number of nitriles is 1. The smallest absolute Gasteiger partial charge is 0.150 e. The standard InChI is InChI=1S/C18H16ClN9/c1-26-8-12(5-23-26)14-4-16-22-7-15(19)28(16)17(25-14)13-6-24-27(9-13)18(2-3-20)10-21-11-18/h4-9,21H,2,10-11H2,1H3. The van der Waals surface area contributed by atoms with Crippen molar-refractivity contribution in [1.29, 1.82) is 5.26 Å². The number of nitrogens with zero attached hydrogens (tertiary/aromatic N) is 8. The van der Waals surface area contributed by atoms with Gasteiger partial charge in [-0.3, -0.25) is 13.8 Å². The predicted molar refractivity (Wildman–Crippen MR) is 102 cm³/mol. The molecular weight excluding hydrogens is 378 g/mol. The summed E-state index contributed by atoms with van der Waals surface area (Å²) in [7, 11) is 1.86. The predicted octanol–water partition coefficient (Wildman–Crippen LogP) is 1.86. The monoisotopic (exact) mass is 393 g/mol. The maximum atomic E-state index is 9.20. The van der Waals surface area contributed by atoms with Gasteiger partial charge in [-0.15, -0.1) is 0 Å². The molecule has 0 spiro atoms. The fourth-order valence-electron chi connectivity index (χ4n) is 3.50. The van der Waals surface area contributed by atoms with Crippen LogP contribution in [0.1, 0.15) is 6.42 Å². The van der Waals surface area contributed by atoms with Crippen LogP contribution in [0, 0.1) is 11.3 Å². The highest BCUT2D eigenvalue weighted by molar-refractivity contribution is 6.30. The van der Waals surface area contributed by atoms with E-state index in [0.29, 0.717) is 36.1 Å². The number of hydrogen-bond donors (Lipinski definition) is 1. The number of imidazole rings is 1. The van der Waals surface area contributed by atoms with Gasteiger partial charge in [0.2, 0.25) is 0 Å². The molecule has 0 bridgehead atoms. The number of aromatic nitrogens is 7. The molecule has 0 amide bonds. The van der Waals surface area contributed by atoms with Gasteiger partial charge in [0.15, 0.2) is 5.82 Å². The summed E-state index contributed by atoms with van der Waals surface area (Å²) in [5.41, 5.74) is 2.83. The molecule has 4 aromatic rings. The SMILES string of the molecule is Cn1cc(-c2cc3ncc(Cl)n3c(-c3cnn(C4(CC#N)CNC4)c3)n2)cn1. The molecule has 5 rings (SSSR count). The minimum Gasteiger partial charge on any atom is -0.312 e. The highest BCUT2D eigenvalue weighted by atomic mass is 35.5. The summed E-state index contributed by atoms with van der Waals surface area (Å²) in [5.74, 6) is 0.643. The van der Waals surface area contributed by atoms with Crippen molar-refractivity contribution in [3.8, 4) is 28.7 Å². The molecule has 0 saturated carbocycles.